The predicted octanol–water partition coefficient (Wildman–Crippen LogP) is 5.78. The summed E-state index contributed by atoms with van der Waals surface area (Å²) in [6, 6.07) is 15.4. The first-order chi connectivity index (χ1) is 11.7. The Morgan fingerprint density at radius 3 is 2.32 bits per heavy atom. The molecule has 1 aliphatic rings. The molecular formula is C21H26O3Si. The van der Waals surface area contributed by atoms with E-state index < -0.39 is 8.32 Å². The molecule has 1 heterocycles. The van der Waals surface area contributed by atoms with Crippen LogP contribution >= 0.6 is 0 Å². The van der Waals surface area contributed by atoms with Crippen molar-refractivity contribution in [2.45, 2.75) is 51.4 Å². The van der Waals surface area contributed by atoms with E-state index in [2.05, 4.69) is 33.9 Å². The molecule has 0 aliphatic carbocycles. The number of fused-ring (bicyclic) bond motifs is 1. The summed E-state index contributed by atoms with van der Waals surface area (Å²) >= 11 is 0. The third kappa shape index (κ3) is 3.64. The van der Waals surface area contributed by atoms with Crippen LogP contribution in [0.5, 0.6) is 11.5 Å². The van der Waals surface area contributed by atoms with E-state index >= 15 is 0 Å². The molecule has 0 fully saturated rings. The molecule has 1 atom stereocenters. The third-order valence-electron chi connectivity index (χ3n) is 5.26. The van der Waals surface area contributed by atoms with Gasteiger partial charge in [-0.15, -0.1) is 0 Å². The summed E-state index contributed by atoms with van der Waals surface area (Å²) < 4.78 is 12.3. The van der Waals surface area contributed by atoms with Gasteiger partial charge in [-0.1, -0.05) is 45.0 Å². The topological polar surface area (TPSA) is 35.5 Å². The molecule has 132 valence electrons. The van der Waals surface area contributed by atoms with Crippen LogP contribution in [-0.2, 0) is 0 Å². The normalized spacial score (nSPS) is 17.6. The standard InChI is InChI=1S/C21H26O3Si/c1-21(2,3)25(4,5)24-16-12-10-15(11-13-16)20-14-18(22)17-8-6-7-9-19(17)23-20/h6-13,20H,14H2,1-5H3. The SMILES string of the molecule is CC(C)(C)[Si](C)(C)Oc1ccc(C2CC(=O)c3ccccc3O2)cc1. The molecule has 4 heteroatoms. The third-order valence-corrected chi connectivity index (χ3v) is 9.62. The Morgan fingerprint density at radius 1 is 1.04 bits per heavy atom. The minimum atomic E-state index is -1.85. The molecule has 0 spiro atoms. The van der Waals surface area contributed by atoms with Crippen LogP contribution in [0.3, 0.4) is 0 Å². The highest BCUT2D eigenvalue weighted by molar-refractivity contribution is 6.74. The smallest absolute Gasteiger partial charge is 0.250 e. The molecule has 0 radical (unpaired) electrons. The van der Waals surface area contributed by atoms with E-state index in [1.807, 2.05) is 48.5 Å². The molecule has 2 aromatic carbocycles. The van der Waals surface area contributed by atoms with Gasteiger partial charge in [0, 0.05) is 0 Å². The minimum absolute atomic E-state index is 0.133. The molecule has 1 aliphatic heterocycles. The highest BCUT2D eigenvalue weighted by atomic mass is 28.4. The summed E-state index contributed by atoms with van der Waals surface area (Å²) in [7, 11) is -1.85. The fourth-order valence-corrected chi connectivity index (χ4v) is 3.69. The molecule has 1 unspecified atom stereocenters. The predicted molar refractivity (Wildman–Crippen MR) is 103 cm³/mol. The number of hydrogen-bond donors (Lipinski definition) is 0. The monoisotopic (exact) mass is 354 g/mol. The highest BCUT2D eigenvalue weighted by Crippen LogP contribution is 2.38. The van der Waals surface area contributed by atoms with Crippen LogP contribution in [0.15, 0.2) is 48.5 Å². The fraction of sp³-hybridized carbons (Fsp3) is 0.381. The Balaban J connectivity index is 1.77. The molecule has 3 nitrogen and oxygen atoms in total. The first-order valence-electron chi connectivity index (χ1n) is 8.75. The van der Waals surface area contributed by atoms with Gasteiger partial charge in [0.15, 0.2) is 5.78 Å². The molecule has 25 heavy (non-hydrogen) atoms. The Morgan fingerprint density at radius 2 is 1.68 bits per heavy atom. The van der Waals surface area contributed by atoms with E-state index in [9.17, 15) is 4.79 Å². The van der Waals surface area contributed by atoms with E-state index in [0.29, 0.717) is 17.7 Å². The van der Waals surface area contributed by atoms with Crippen molar-refractivity contribution in [3.8, 4) is 11.5 Å². The van der Waals surface area contributed by atoms with Crippen LogP contribution in [0.25, 0.3) is 0 Å². The second-order valence-corrected chi connectivity index (χ2v) is 12.9. The maximum atomic E-state index is 12.3. The summed E-state index contributed by atoms with van der Waals surface area (Å²) in [5.41, 5.74) is 1.68. The first kappa shape index (κ1) is 17.7. The summed E-state index contributed by atoms with van der Waals surface area (Å²) in [6.07, 6.45) is 0.142. The lowest BCUT2D eigenvalue weighted by Crippen LogP contribution is -2.43. The van der Waals surface area contributed by atoms with Crippen molar-refractivity contribution in [3.05, 3.63) is 59.7 Å². The second kappa shape index (κ2) is 6.34. The highest BCUT2D eigenvalue weighted by Gasteiger charge is 2.39. The molecule has 0 bridgehead atoms. The van der Waals surface area contributed by atoms with E-state index in [1.165, 1.54) is 0 Å². The average Bonchev–Trinajstić information content (AvgIpc) is 2.54. The van der Waals surface area contributed by atoms with Gasteiger partial charge in [0.2, 0.25) is 8.32 Å². The van der Waals surface area contributed by atoms with Gasteiger partial charge in [-0.2, -0.15) is 0 Å². The number of carbonyl (C=O) groups is 1. The molecule has 0 amide bonds. The molecule has 3 rings (SSSR count). The lowest BCUT2D eigenvalue weighted by molar-refractivity contribution is 0.0850. The summed E-state index contributed by atoms with van der Waals surface area (Å²) in [5, 5.41) is 0.161. The van der Waals surface area contributed by atoms with Crippen molar-refractivity contribution in [2.75, 3.05) is 0 Å². The molecule has 2 aromatic rings. The van der Waals surface area contributed by atoms with Gasteiger partial charge in [0.05, 0.1) is 12.0 Å². The van der Waals surface area contributed by atoms with E-state index in [-0.39, 0.29) is 16.9 Å². The number of Topliss-reactive ketones (excluding diaryl/α,β-unsaturated/α-hetero) is 1. The average molecular weight is 355 g/mol. The number of hydrogen-bond acceptors (Lipinski definition) is 3. The second-order valence-electron chi connectivity index (χ2n) is 8.16. The van der Waals surface area contributed by atoms with Crippen LogP contribution in [0.2, 0.25) is 18.1 Å². The molecule has 0 aromatic heterocycles. The molecular weight excluding hydrogens is 328 g/mol. The van der Waals surface area contributed by atoms with Gasteiger partial charge in [-0.25, -0.2) is 0 Å². The number of rotatable bonds is 3. The van der Waals surface area contributed by atoms with Crippen molar-refractivity contribution in [3.63, 3.8) is 0 Å². The summed E-state index contributed by atoms with van der Waals surface area (Å²) in [5.74, 6) is 1.69. The maximum Gasteiger partial charge on any atom is 0.250 e. The van der Waals surface area contributed by atoms with Crippen LogP contribution in [0.4, 0.5) is 0 Å². The van der Waals surface area contributed by atoms with Gasteiger partial charge >= 0.3 is 0 Å². The number of carbonyl (C=O) groups excluding carboxylic acids is 1. The first-order valence-corrected chi connectivity index (χ1v) is 11.7. The lowest BCUT2D eigenvalue weighted by Gasteiger charge is -2.36. The van der Waals surface area contributed by atoms with Crippen LogP contribution in [0.1, 0.15) is 49.2 Å². The quantitative estimate of drug-likeness (QED) is 0.656. The lowest BCUT2D eigenvalue weighted by atomic mass is 9.96. The molecule has 0 saturated heterocycles. The number of benzene rings is 2. The largest absolute Gasteiger partial charge is 0.544 e. The van der Waals surface area contributed by atoms with E-state index in [1.54, 1.807) is 0 Å². The van der Waals surface area contributed by atoms with Crippen LogP contribution < -0.4 is 9.16 Å². The fourth-order valence-electron chi connectivity index (χ4n) is 2.66. The van der Waals surface area contributed by atoms with Crippen LogP contribution in [-0.4, -0.2) is 14.1 Å². The zero-order valence-electron chi connectivity index (χ0n) is 15.6. The van der Waals surface area contributed by atoms with E-state index in [0.717, 1.165) is 11.3 Å². The Labute approximate surface area is 151 Å². The van der Waals surface area contributed by atoms with Gasteiger partial charge in [0.25, 0.3) is 0 Å². The molecule has 0 N–H and O–H groups in total. The molecule has 0 saturated carbocycles. The van der Waals surface area contributed by atoms with Gasteiger partial charge in [0.1, 0.15) is 17.6 Å². The number of ether oxygens (including phenoxy) is 1. The van der Waals surface area contributed by atoms with Crippen molar-refractivity contribution >= 4 is 14.1 Å². The van der Waals surface area contributed by atoms with E-state index in [4.69, 9.17) is 9.16 Å². The van der Waals surface area contributed by atoms with Gasteiger partial charge in [-0.05, 0) is 48.0 Å². The van der Waals surface area contributed by atoms with Crippen molar-refractivity contribution in [2.24, 2.45) is 0 Å². The Kier molecular flexibility index (Phi) is 4.50. The maximum absolute atomic E-state index is 12.3. The van der Waals surface area contributed by atoms with Gasteiger partial charge < -0.3 is 9.16 Å². The zero-order valence-corrected chi connectivity index (χ0v) is 16.6. The van der Waals surface area contributed by atoms with Crippen molar-refractivity contribution in [1.82, 2.24) is 0 Å². The summed E-state index contributed by atoms with van der Waals surface area (Å²) in [6.45, 7) is 11.2. The zero-order chi connectivity index (χ0) is 18.2. The van der Waals surface area contributed by atoms with Gasteiger partial charge in [-0.3, -0.25) is 4.79 Å². The summed E-state index contributed by atoms with van der Waals surface area (Å²) in [4.78, 5) is 12.3. The number of ketones is 1. The van der Waals surface area contributed by atoms with Crippen LogP contribution in [0, 0.1) is 0 Å². The number of para-hydroxylation sites is 1. The Bertz CT molecular complexity index is 772. The van der Waals surface area contributed by atoms with Crippen molar-refractivity contribution in [1.29, 1.82) is 0 Å². The Hall–Kier alpha value is -2.07. The van der Waals surface area contributed by atoms with Crippen molar-refractivity contribution < 1.29 is 14.0 Å². The minimum Gasteiger partial charge on any atom is -0.544 e.